The van der Waals surface area contributed by atoms with Crippen LogP contribution in [0.4, 0.5) is 0 Å². The van der Waals surface area contributed by atoms with Crippen molar-refractivity contribution in [3.05, 3.63) is 42.0 Å². The fourth-order valence-corrected chi connectivity index (χ4v) is 3.61. The lowest BCUT2D eigenvalue weighted by Crippen LogP contribution is -2.41. The van der Waals surface area contributed by atoms with Gasteiger partial charge in [-0.1, -0.05) is 51.1 Å². The second-order valence-corrected chi connectivity index (χ2v) is 9.34. The highest BCUT2D eigenvalue weighted by Gasteiger charge is 2.52. The normalized spacial score (nSPS) is 19.6. The van der Waals surface area contributed by atoms with E-state index in [9.17, 15) is 0 Å². The maximum Gasteiger partial charge on any atom is 0.495 e. The number of para-hydroxylation sites is 1. The van der Waals surface area contributed by atoms with Crippen LogP contribution in [0.5, 0.6) is 0 Å². The summed E-state index contributed by atoms with van der Waals surface area (Å²) in [4.78, 5) is 0. The minimum atomic E-state index is -0.405. The SMILES string of the molecule is CC(C)(C)c1ccc(B2OC(C)(C)C(C)(C)O2)c2c1oc1ccccc12. The molecule has 1 aromatic heterocycles. The fraction of sp³-hybridized carbons (Fsp3) is 0.455. The van der Waals surface area contributed by atoms with Gasteiger partial charge in [0.05, 0.1) is 11.2 Å². The van der Waals surface area contributed by atoms with Gasteiger partial charge < -0.3 is 13.7 Å². The van der Waals surface area contributed by atoms with Crippen LogP contribution in [0.1, 0.15) is 54.0 Å². The van der Waals surface area contributed by atoms with Crippen molar-refractivity contribution in [2.45, 2.75) is 65.1 Å². The van der Waals surface area contributed by atoms with Crippen LogP contribution in [0.2, 0.25) is 0 Å². The largest absolute Gasteiger partial charge is 0.495 e. The van der Waals surface area contributed by atoms with Crippen LogP contribution in [0.25, 0.3) is 21.9 Å². The van der Waals surface area contributed by atoms with Crippen LogP contribution in [0.15, 0.2) is 40.8 Å². The van der Waals surface area contributed by atoms with E-state index >= 15 is 0 Å². The summed E-state index contributed by atoms with van der Waals surface area (Å²) in [6.07, 6.45) is 0. The Morgan fingerprint density at radius 1 is 0.846 bits per heavy atom. The van der Waals surface area contributed by atoms with Gasteiger partial charge in [0.1, 0.15) is 11.2 Å². The second kappa shape index (κ2) is 5.37. The highest BCUT2D eigenvalue weighted by atomic mass is 16.7. The van der Waals surface area contributed by atoms with Crippen LogP contribution in [-0.4, -0.2) is 18.3 Å². The number of furan rings is 1. The molecule has 0 saturated carbocycles. The zero-order chi connectivity index (χ0) is 18.9. The third kappa shape index (κ3) is 2.50. The molecule has 1 aliphatic heterocycles. The molecule has 4 heteroatoms. The van der Waals surface area contributed by atoms with Crippen molar-refractivity contribution in [3.63, 3.8) is 0 Å². The molecule has 136 valence electrons. The maximum atomic E-state index is 6.34. The van der Waals surface area contributed by atoms with Crippen LogP contribution in [0.3, 0.4) is 0 Å². The van der Waals surface area contributed by atoms with Gasteiger partial charge in [-0.2, -0.15) is 0 Å². The lowest BCUT2D eigenvalue weighted by Gasteiger charge is -2.32. The molecule has 4 rings (SSSR count). The van der Waals surface area contributed by atoms with Gasteiger partial charge >= 0.3 is 7.12 Å². The van der Waals surface area contributed by atoms with Crippen LogP contribution >= 0.6 is 0 Å². The summed E-state index contributed by atoms with van der Waals surface area (Å²) in [6, 6.07) is 12.5. The van der Waals surface area contributed by atoms with E-state index in [1.165, 1.54) is 5.56 Å². The molecule has 0 unspecified atom stereocenters. The Bertz CT molecular complexity index is 976. The molecule has 2 heterocycles. The van der Waals surface area contributed by atoms with E-state index < -0.39 is 7.12 Å². The summed E-state index contributed by atoms with van der Waals surface area (Å²) in [6.45, 7) is 15.0. The van der Waals surface area contributed by atoms with Crippen molar-refractivity contribution in [2.75, 3.05) is 0 Å². The van der Waals surface area contributed by atoms with E-state index in [1.807, 2.05) is 12.1 Å². The summed E-state index contributed by atoms with van der Waals surface area (Å²) in [5, 5.41) is 2.21. The topological polar surface area (TPSA) is 31.6 Å². The molecule has 1 aliphatic rings. The molecule has 0 spiro atoms. The zero-order valence-corrected chi connectivity index (χ0v) is 16.8. The summed E-state index contributed by atoms with van der Waals surface area (Å²) in [5.41, 5.74) is 3.32. The molecule has 26 heavy (non-hydrogen) atoms. The monoisotopic (exact) mass is 350 g/mol. The first-order valence-corrected chi connectivity index (χ1v) is 9.31. The Balaban J connectivity index is 2.00. The third-order valence-corrected chi connectivity index (χ3v) is 5.87. The van der Waals surface area contributed by atoms with Gasteiger partial charge in [-0.25, -0.2) is 0 Å². The Morgan fingerprint density at radius 2 is 1.46 bits per heavy atom. The molecule has 0 amide bonds. The molecule has 1 fully saturated rings. The number of benzene rings is 2. The zero-order valence-electron chi connectivity index (χ0n) is 16.8. The van der Waals surface area contributed by atoms with Gasteiger partial charge in [-0.3, -0.25) is 0 Å². The molecule has 1 saturated heterocycles. The van der Waals surface area contributed by atoms with Gasteiger partial charge in [-0.05, 0) is 44.6 Å². The summed E-state index contributed by atoms with van der Waals surface area (Å²) >= 11 is 0. The molecule has 0 atom stereocenters. The minimum Gasteiger partial charge on any atom is -0.456 e. The van der Waals surface area contributed by atoms with Gasteiger partial charge in [0.15, 0.2) is 0 Å². The van der Waals surface area contributed by atoms with E-state index in [0.29, 0.717) is 0 Å². The molecule has 0 radical (unpaired) electrons. The third-order valence-electron chi connectivity index (χ3n) is 5.87. The standard InChI is InChI=1S/C22H27BO3/c1-20(2,3)15-12-13-16(23-25-21(4,5)22(6,7)26-23)18-14-10-8-9-11-17(14)24-19(15)18/h8-13H,1-7H3. The number of hydrogen-bond donors (Lipinski definition) is 0. The minimum absolute atomic E-state index is 0.0133. The summed E-state index contributed by atoms with van der Waals surface area (Å²) < 4.78 is 19.0. The van der Waals surface area contributed by atoms with Gasteiger partial charge in [0, 0.05) is 16.3 Å². The van der Waals surface area contributed by atoms with Crippen molar-refractivity contribution in [1.29, 1.82) is 0 Å². The Kier molecular flexibility index (Phi) is 3.64. The van der Waals surface area contributed by atoms with Crippen LogP contribution in [0, 0.1) is 0 Å². The van der Waals surface area contributed by atoms with E-state index in [0.717, 1.165) is 27.4 Å². The average molecular weight is 350 g/mol. The summed E-state index contributed by atoms with van der Waals surface area (Å²) in [5.74, 6) is 0. The number of hydrogen-bond acceptors (Lipinski definition) is 3. The lowest BCUT2D eigenvalue weighted by molar-refractivity contribution is 0.00578. The first-order valence-electron chi connectivity index (χ1n) is 9.31. The van der Waals surface area contributed by atoms with Gasteiger partial charge in [-0.15, -0.1) is 0 Å². The van der Waals surface area contributed by atoms with E-state index in [4.69, 9.17) is 13.7 Å². The van der Waals surface area contributed by atoms with Crippen molar-refractivity contribution in [2.24, 2.45) is 0 Å². The van der Waals surface area contributed by atoms with Crippen molar-refractivity contribution in [1.82, 2.24) is 0 Å². The van der Waals surface area contributed by atoms with Crippen LogP contribution in [-0.2, 0) is 14.7 Å². The Hall–Kier alpha value is -1.78. The van der Waals surface area contributed by atoms with E-state index in [-0.39, 0.29) is 16.6 Å². The van der Waals surface area contributed by atoms with Gasteiger partial charge in [0.25, 0.3) is 0 Å². The number of fused-ring (bicyclic) bond motifs is 3. The smallest absolute Gasteiger partial charge is 0.456 e. The molecule has 2 aromatic carbocycles. The molecule has 0 N–H and O–H groups in total. The molecule has 3 aromatic rings. The quantitative estimate of drug-likeness (QED) is 0.567. The Morgan fingerprint density at radius 3 is 2.08 bits per heavy atom. The first-order chi connectivity index (χ1) is 12.0. The molecular weight excluding hydrogens is 323 g/mol. The first kappa shape index (κ1) is 17.6. The molecular formula is C22H27BO3. The number of rotatable bonds is 1. The molecule has 0 bridgehead atoms. The second-order valence-electron chi connectivity index (χ2n) is 9.34. The van der Waals surface area contributed by atoms with Crippen molar-refractivity contribution >= 4 is 34.5 Å². The van der Waals surface area contributed by atoms with Gasteiger partial charge in [0.2, 0.25) is 0 Å². The van der Waals surface area contributed by atoms with Crippen molar-refractivity contribution < 1.29 is 13.7 Å². The highest BCUT2D eigenvalue weighted by molar-refractivity contribution is 6.66. The highest BCUT2D eigenvalue weighted by Crippen LogP contribution is 2.40. The predicted molar refractivity (Wildman–Crippen MR) is 108 cm³/mol. The van der Waals surface area contributed by atoms with Crippen LogP contribution < -0.4 is 5.46 Å². The summed E-state index contributed by atoms with van der Waals surface area (Å²) in [7, 11) is -0.405. The fourth-order valence-electron chi connectivity index (χ4n) is 3.61. The van der Waals surface area contributed by atoms with E-state index in [1.54, 1.807) is 0 Å². The molecule has 3 nitrogen and oxygen atoms in total. The Labute approximate surface area is 155 Å². The average Bonchev–Trinajstić information content (AvgIpc) is 3.00. The van der Waals surface area contributed by atoms with E-state index in [2.05, 4.69) is 72.7 Å². The predicted octanol–water partition coefficient (Wildman–Crippen LogP) is 5.18. The molecule has 0 aliphatic carbocycles. The van der Waals surface area contributed by atoms with Crippen molar-refractivity contribution in [3.8, 4) is 0 Å². The lowest BCUT2D eigenvalue weighted by atomic mass is 9.74. The maximum absolute atomic E-state index is 6.34.